The average molecular weight is 237 g/mol. The third-order valence-corrected chi connectivity index (χ3v) is 3.00. The van der Waals surface area contributed by atoms with Gasteiger partial charge in [-0.3, -0.25) is 9.59 Å². The number of hydrogen-bond donors (Lipinski definition) is 0. The molecule has 0 unspecified atom stereocenters. The Morgan fingerprint density at radius 2 is 1.39 bits per heavy atom. The van der Waals surface area contributed by atoms with Gasteiger partial charge in [0.2, 0.25) is 0 Å². The van der Waals surface area contributed by atoms with Crippen molar-refractivity contribution in [3.05, 3.63) is 71.6 Å². The number of carbonyl (C=O) groups excluding carboxylic acids is 2. The molecular formula is C15H11NO2. The summed E-state index contributed by atoms with van der Waals surface area (Å²) in [5.74, 6) is -0.201. The predicted octanol–water partition coefficient (Wildman–Crippen LogP) is 2.47. The van der Waals surface area contributed by atoms with Gasteiger partial charge in [-0.15, -0.1) is 0 Å². The summed E-state index contributed by atoms with van der Waals surface area (Å²) in [6, 6.07) is 9.93. The Hall–Kier alpha value is -2.42. The fourth-order valence-corrected chi connectivity index (χ4v) is 2.12. The van der Waals surface area contributed by atoms with Crippen molar-refractivity contribution in [3.8, 4) is 0 Å². The smallest absolute Gasteiger partial charge is 0.188 e. The number of carbonyl (C=O) groups is 2. The van der Waals surface area contributed by atoms with E-state index in [0.717, 1.165) is 5.56 Å². The first-order valence-corrected chi connectivity index (χ1v) is 5.74. The molecule has 0 saturated heterocycles. The minimum absolute atomic E-state index is 0.101. The van der Waals surface area contributed by atoms with E-state index in [2.05, 4.69) is 0 Å². The van der Waals surface area contributed by atoms with Gasteiger partial charge in [0.15, 0.2) is 11.6 Å². The summed E-state index contributed by atoms with van der Waals surface area (Å²) < 4.78 is 1.88. The molecular weight excluding hydrogens is 226 g/mol. The summed E-state index contributed by atoms with van der Waals surface area (Å²) in [6.07, 6.45) is 6.15. The number of hydrogen-bond acceptors (Lipinski definition) is 2. The summed E-state index contributed by atoms with van der Waals surface area (Å²) in [5.41, 5.74) is 2.13. The van der Waals surface area contributed by atoms with Gasteiger partial charge in [-0.05, 0) is 17.7 Å². The zero-order valence-electron chi connectivity index (χ0n) is 9.67. The fourth-order valence-electron chi connectivity index (χ4n) is 2.12. The van der Waals surface area contributed by atoms with Crippen LogP contribution >= 0.6 is 0 Å². The van der Waals surface area contributed by atoms with E-state index in [1.165, 1.54) is 12.2 Å². The van der Waals surface area contributed by atoms with Crippen LogP contribution in [0.5, 0.6) is 0 Å². The number of rotatable bonds is 2. The molecule has 2 aromatic rings. The van der Waals surface area contributed by atoms with Crippen molar-refractivity contribution in [1.82, 2.24) is 4.57 Å². The monoisotopic (exact) mass is 237 g/mol. The Morgan fingerprint density at radius 1 is 0.833 bits per heavy atom. The molecule has 0 N–H and O–H groups in total. The molecule has 1 aliphatic rings. The summed E-state index contributed by atoms with van der Waals surface area (Å²) in [5, 5.41) is 0. The lowest BCUT2D eigenvalue weighted by Gasteiger charge is -2.01. The van der Waals surface area contributed by atoms with Crippen LogP contribution in [0.2, 0.25) is 0 Å². The molecule has 3 rings (SSSR count). The van der Waals surface area contributed by atoms with E-state index in [1.807, 2.05) is 34.9 Å². The highest BCUT2D eigenvalue weighted by Gasteiger charge is 2.21. The minimum atomic E-state index is -0.101. The van der Waals surface area contributed by atoms with E-state index in [9.17, 15) is 9.59 Å². The molecule has 1 aromatic carbocycles. The van der Waals surface area contributed by atoms with Crippen molar-refractivity contribution in [2.45, 2.75) is 6.54 Å². The minimum Gasteiger partial charge on any atom is -0.348 e. The maximum absolute atomic E-state index is 11.6. The van der Waals surface area contributed by atoms with Crippen LogP contribution < -0.4 is 0 Å². The Morgan fingerprint density at radius 3 is 1.94 bits per heavy atom. The van der Waals surface area contributed by atoms with Gasteiger partial charge >= 0.3 is 0 Å². The zero-order chi connectivity index (χ0) is 12.5. The molecule has 0 aliphatic heterocycles. The van der Waals surface area contributed by atoms with Gasteiger partial charge in [-0.2, -0.15) is 0 Å². The third-order valence-electron chi connectivity index (χ3n) is 3.00. The van der Waals surface area contributed by atoms with Gasteiger partial charge in [-0.25, -0.2) is 0 Å². The van der Waals surface area contributed by atoms with Crippen LogP contribution in [0.3, 0.4) is 0 Å². The molecule has 0 fully saturated rings. The van der Waals surface area contributed by atoms with Crippen LogP contribution in [-0.2, 0) is 6.54 Å². The summed E-state index contributed by atoms with van der Waals surface area (Å²) in [7, 11) is 0. The first-order chi connectivity index (χ1) is 8.74. The normalized spacial score (nSPS) is 13.8. The molecule has 0 amide bonds. The molecule has 3 nitrogen and oxygen atoms in total. The topological polar surface area (TPSA) is 39.1 Å². The molecule has 0 radical (unpaired) electrons. The lowest BCUT2D eigenvalue weighted by atomic mass is 10.0. The van der Waals surface area contributed by atoms with E-state index in [-0.39, 0.29) is 11.6 Å². The van der Waals surface area contributed by atoms with Gasteiger partial charge in [0, 0.05) is 18.9 Å². The van der Waals surface area contributed by atoms with E-state index in [1.54, 1.807) is 12.4 Å². The lowest BCUT2D eigenvalue weighted by molar-refractivity contribution is 0.0995. The number of benzene rings is 1. The second-order valence-corrected chi connectivity index (χ2v) is 4.31. The Labute approximate surface area is 104 Å². The molecule has 1 aliphatic carbocycles. The molecule has 0 spiro atoms. The average Bonchev–Trinajstić information content (AvgIpc) is 2.80. The number of ketones is 2. The van der Waals surface area contributed by atoms with E-state index in [4.69, 9.17) is 0 Å². The Kier molecular flexibility index (Phi) is 2.45. The van der Waals surface area contributed by atoms with Crippen molar-refractivity contribution in [3.63, 3.8) is 0 Å². The first kappa shape index (κ1) is 10.7. The first-order valence-electron chi connectivity index (χ1n) is 5.74. The fraction of sp³-hybridized carbons (Fsp3) is 0.0667. The van der Waals surface area contributed by atoms with Gasteiger partial charge in [0.25, 0.3) is 0 Å². The van der Waals surface area contributed by atoms with Crippen LogP contribution in [0.25, 0.3) is 0 Å². The lowest BCUT2D eigenvalue weighted by Crippen LogP contribution is -2.07. The van der Waals surface area contributed by atoms with Crippen molar-refractivity contribution < 1.29 is 9.59 Å². The Bertz CT molecular complexity index is 615. The maximum atomic E-state index is 11.6. The molecule has 0 atom stereocenters. The quantitative estimate of drug-likeness (QED) is 0.804. The number of aromatic nitrogens is 1. The number of nitrogens with zero attached hydrogens (tertiary/aromatic N) is 1. The molecule has 1 aromatic heterocycles. The van der Waals surface area contributed by atoms with Crippen LogP contribution in [-0.4, -0.2) is 16.1 Å². The summed E-state index contributed by atoms with van der Waals surface area (Å²) in [4.78, 5) is 23.3. The van der Waals surface area contributed by atoms with Gasteiger partial charge in [-0.1, -0.05) is 30.3 Å². The van der Waals surface area contributed by atoms with Gasteiger partial charge in [0.1, 0.15) is 0 Å². The highest BCUT2D eigenvalue weighted by molar-refractivity contribution is 6.22. The highest BCUT2D eigenvalue weighted by atomic mass is 16.1. The second-order valence-electron chi connectivity index (χ2n) is 4.31. The van der Waals surface area contributed by atoms with E-state index >= 15 is 0 Å². The molecule has 18 heavy (non-hydrogen) atoms. The largest absolute Gasteiger partial charge is 0.348 e. The van der Waals surface area contributed by atoms with Crippen molar-refractivity contribution in [2.24, 2.45) is 0 Å². The molecule has 88 valence electrons. The maximum Gasteiger partial charge on any atom is 0.188 e. The SMILES string of the molecule is O=C1C=CC(=O)c2cn(Cc3ccccc3)cc21. The van der Waals surface area contributed by atoms with Crippen LogP contribution in [0.1, 0.15) is 26.3 Å². The molecule has 0 saturated carbocycles. The van der Waals surface area contributed by atoms with Crippen molar-refractivity contribution in [2.75, 3.05) is 0 Å². The molecule has 1 heterocycles. The van der Waals surface area contributed by atoms with Crippen molar-refractivity contribution >= 4 is 11.6 Å². The molecule has 3 heteroatoms. The van der Waals surface area contributed by atoms with Crippen LogP contribution in [0, 0.1) is 0 Å². The van der Waals surface area contributed by atoms with E-state index < -0.39 is 0 Å². The van der Waals surface area contributed by atoms with Crippen LogP contribution in [0.4, 0.5) is 0 Å². The Balaban J connectivity index is 1.95. The second kappa shape index (κ2) is 4.11. The summed E-state index contributed by atoms with van der Waals surface area (Å²) in [6.45, 7) is 0.661. The van der Waals surface area contributed by atoms with E-state index in [0.29, 0.717) is 17.7 Å². The number of allylic oxidation sites excluding steroid dienone is 2. The number of fused-ring (bicyclic) bond motifs is 1. The third kappa shape index (κ3) is 1.80. The standard InChI is InChI=1S/C15H11NO2/c17-14-6-7-15(18)13-10-16(9-12(13)14)8-11-4-2-1-3-5-11/h1-7,9-10H,8H2. The predicted molar refractivity (Wildman–Crippen MR) is 67.8 cm³/mol. The van der Waals surface area contributed by atoms with Gasteiger partial charge in [0.05, 0.1) is 11.1 Å². The van der Waals surface area contributed by atoms with Crippen LogP contribution in [0.15, 0.2) is 54.9 Å². The van der Waals surface area contributed by atoms with Gasteiger partial charge < -0.3 is 4.57 Å². The van der Waals surface area contributed by atoms with Crippen molar-refractivity contribution in [1.29, 1.82) is 0 Å². The summed E-state index contributed by atoms with van der Waals surface area (Å²) >= 11 is 0. The highest BCUT2D eigenvalue weighted by Crippen LogP contribution is 2.18. The molecule has 0 bridgehead atoms. The zero-order valence-corrected chi connectivity index (χ0v) is 9.67.